The van der Waals surface area contributed by atoms with Crippen molar-refractivity contribution in [3.8, 4) is 5.88 Å². The van der Waals surface area contributed by atoms with Crippen LogP contribution < -0.4 is 10.6 Å². The summed E-state index contributed by atoms with van der Waals surface area (Å²) in [6, 6.07) is 6.40. The van der Waals surface area contributed by atoms with Crippen LogP contribution in [-0.2, 0) is 6.42 Å². The first-order valence-electron chi connectivity index (χ1n) is 10.3. The number of fused-ring (bicyclic) bond motifs is 1. The van der Waals surface area contributed by atoms with Crippen molar-refractivity contribution in [3.63, 3.8) is 0 Å². The van der Waals surface area contributed by atoms with Gasteiger partial charge >= 0.3 is 0 Å². The van der Waals surface area contributed by atoms with Crippen LogP contribution in [0, 0.1) is 12.7 Å². The lowest BCUT2D eigenvalue weighted by molar-refractivity contribution is 0.0955. The number of aromatic hydroxyl groups is 1. The number of carbonyl (C=O) groups excluding carboxylic acids is 1. The average molecular weight is 413 g/mol. The van der Waals surface area contributed by atoms with Crippen LogP contribution in [0.4, 0.5) is 4.39 Å². The number of aryl methyl sites for hydroxylation is 1. The first kappa shape index (κ1) is 21.7. The lowest BCUT2D eigenvalue weighted by Gasteiger charge is -2.11. The van der Waals surface area contributed by atoms with Gasteiger partial charge in [0.2, 0.25) is 5.88 Å². The first-order chi connectivity index (χ1) is 14.5. The predicted octanol–water partition coefficient (Wildman–Crippen LogP) is 2.98. The summed E-state index contributed by atoms with van der Waals surface area (Å²) in [4.78, 5) is 17.0. The van der Waals surface area contributed by atoms with E-state index in [1.165, 1.54) is 29.6 Å². The highest BCUT2D eigenvalue weighted by molar-refractivity contribution is 5.99. The number of hydrogen-bond acceptors (Lipinski definition) is 5. The Morgan fingerprint density at radius 1 is 1.20 bits per heavy atom. The summed E-state index contributed by atoms with van der Waals surface area (Å²) >= 11 is 0. The van der Waals surface area contributed by atoms with Gasteiger partial charge in [-0.25, -0.2) is 9.37 Å². The Morgan fingerprint density at radius 3 is 2.77 bits per heavy atom. The van der Waals surface area contributed by atoms with E-state index in [9.17, 15) is 14.3 Å². The molecule has 0 atom stereocenters. The molecule has 2 aromatic heterocycles. The SMILES string of the molecule is CCCCCNCCNC(=O)c1cnn2c(O)c(Cc3ccccc3F)c(C)nc12. The number of rotatable bonds is 10. The van der Waals surface area contributed by atoms with Crippen LogP contribution in [0.25, 0.3) is 5.65 Å². The lowest BCUT2D eigenvalue weighted by Crippen LogP contribution is -2.32. The maximum absolute atomic E-state index is 14.0. The van der Waals surface area contributed by atoms with Gasteiger partial charge < -0.3 is 15.7 Å². The minimum absolute atomic E-state index is 0.141. The Labute approximate surface area is 175 Å². The Kier molecular flexibility index (Phi) is 7.35. The number of unbranched alkanes of at least 4 members (excludes halogenated alkanes) is 2. The van der Waals surface area contributed by atoms with Crippen molar-refractivity contribution in [1.29, 1.82) is 0 Å². The highest BCUT2D eigenvalue weighted by atomic mass is 19.1. The number of nitrogens with one attached hydrogen (secondary N) is 2. The summed E-state index contributed by atoms with van der Waals surface area (Å²) < 4.78 is 15.2. The molecule has 7 nitrogen and oxygen atoms in total. The summed E-state index contributed by atoms with van der Waals surface area (Å²) in [6.45, 7) is 5.98. The highest BCUT2D eigenvalue weighted by Crippen LogP contribution is 2.26. The fourth-order valence-electron chi connectivity index (χ4n) is 3.30. The second-order valence-corrected chi connectivity index (χ2v) is 7.27. The van der Waals surface area contributed by atoms with Crippen molar-refractivity contribution in [1.82, 2.24) is 25.2 Å². The maximum atomic E-state index is 14.0. The molecule has 160 valence electrons. The monoisotopic (exact) mass is 413 g/mol. The van der Waals surface area contributed by atoms with E-state index in [4.69, 9.17) is 0 Å². The molecule has 0 aliphatic heterocycles. The van der Waals surface area contributed by atoms with Gasteiger partial charge in [-0.15, -0.1) is 0 Å². The molecule has 30 heavy (non-hydrogen) atoms. The van der Waals surface area contributed by atoms with Gasteiger partial charge in [0, 0.05) is 30.8 Å². The van der Waals surface area contributed by atoms with Gasteiger partial charge in [0.25, 0.3) is 5.91 Å². The van der Waals surface area contributed by atoms with E-state index in [0.29, 0.717) is 29.9 Å². The molecule has 0 bridgehead atoms. The molecule has 0 unspecified atom stereocenters. The van der Waals surface area contributed by atoms with Gasteiger partial charge in [-0.05, 0) is 31.5 Å². The minimum atomic E-state index is -0.347. The number of aromatic nitrogens is 3. The van der Waals surface area contributed by atoms with E-state index < -0.39 is 0 Å². The smallest absolute Gasteiger partial charge is 0.256 e. The van der Waals surface area contributed by atoms with Gasteiger partial charge in [-0.2, -0.15) is 9.61 Å². The molecule has 1 aromatic carbocycles. The van der Waals surface area contributed by atoms with Crippen LogP contribution in [0.3, 0.4) is 0 Å². The van der Waals surface area contributed by atoms with Crippen molar-refractivity contribution in [2.24, 2.45) is 0 Å². The quantitative estimate of drug-likeness (QED) is 0.445. The Morgan fingerprint density at radius 2 is 2.00 bits per heavy atom. The van der Waals surface area contributed by atoms with Crippen molar-refractivity contribution in [2.45, 2.75) is 39.5 Å². The van der Waals surface area contributed by atoms with Gasteiger partial charge in [0.05, 0.1) is 6.20 Å². The number of hydrogen-bond donors (Lipinski definition) is 3. The zero-order valence-corrected chi connectivity index (χ0v) is 17.4. The van der Waals surface area contributed by atoms with Gasteiger partial charge in [0.15, 0.2) is 5.65 Å². The number of nitrogens with zero attached hydrogens (tertiary/aromatic N) is 3. The summed E-state index contributed by atoms with van der Waals surface area (Å²) in [5, 5.41) is 20.9. The topological polar surface area (TPSA) is 91.5 Å². The van der Waals surface area contributed by atoms with Crippen molar-refractivity contribution < 1.29 is 14.3 Å². The van der Waals surface area contributed by atoms with Crippen LogP contribution in [-0.4, -0.2) is 45.2 Å². The fraction of sp³-hybridized carbons (Fsp3) is 0.409. The summed E-state index contributed by atoms with van der Waals surface area (Å²) in [5.74, 6) is -0.786. The van der Waals surface area contributed by atoms with Crippen molar-refractivity contribution in [3.05, 3.63) is 58.7 Å². The van der Waals surface area contributed by atoms with E-state index in [0.717, 1.165) is 13.0 Å². The molecule has 0 saturated carbocycles. The zero-order chi connectivity index (χ0) is 21.5. The Hall–Kier alpha value is -3.00. The van der Waals surface area contributed by atoms with E-state index in [2.05, 4.69) is 27.6 Å². The standard InChI is InChI=1S/C22H28FN5O2/c1-3-4-7-10-24-11-12-25-21(29)18-14-26-28-20(18)27-15(2)17(22(28)30)13-16-8-5-6-9-19(16)23/h5-6,8-9,14,24,30H,3-4,7,10-13H2,1-2H3,(H,25,29). The zero-order valence-electron chi connectivity index (χ0n) is 17.4. The molecule has 2 heterocycles. The number of amides is 1. The summed E-state index contributed by atoms with van der Waals surface area (Å²) in [5.41, 5.74) is 2.01. The molecule has 0 aliphatic carbocycles. The largest absolute Gasteiger partial charge is 0.493 e. The first-order valence-corrected chi connectivity index (χ1v) is 10.3. The maximum Gasteiger partial charge on any atom is 0.256 e. The number of halogens is 1. The average Bonchev–Trinajstić information content (AvgIpc) is 3.15. The van der Waals surface area contributed by atoms with E-state index in [1.807, 2.05) is 0 Å². The third-order valence-corrected chi connectivity index (χ3v) is 5.04. The Bertz CT molecular complexity index is 1020. The third kappa shape index (κ3) is 4.94. The van der Waals surface area contributed by atoms with E-state index in [-0.39, 0.29) is 35.2 Å². The lowest BCUT2D eigenvalue weighted by atomic mass is 10.0. The molecule has 0 fully saturated rings. The van der Waals surface area contributed by atoms with Gasteiger partial charge in [0.1, 0.15) is 11.4 Å². The molecule has 0 spiro atoms. The van der Waals surface area contributed by atoms with Crippen LogP contribution in [0.15, 0.2) is 30.5 Å². The fourth-order valence-corrected chi connectivity index (χ4v) is 3.30. The van der Waals surface area contributed by atoms with Crippen molar-refractivity contribution in [2.75, 3.05) is 19.6 Å². The van der Waals surface area contributed by atoms with Crippen LogP contribution in [0.5, 0.6) is 5.88 Å². The van der Waals surface area contributed by atoms with Gasteiger partial charge in [-0.3, -0.25) is 4.79 Å². The molecular weight excluding hydrogens is 385 g/mol. The molecule has 3 N–H and O–H groups in total. The molecule has 1 amide bonds. The molecule has 3 aromatic rings. The molecule has 0 saturated heterocycles. The molecule has 8 heteroatoms. The second-order valence-electron chi connectivity index (χ2n) is 7.27. The molecular formula is C22H28FN5O2. The highest BCUT2D eigenvalue weighted by Gasteiger charge is 2.20. The summed E-state index contributed by atoms with van der Waals surface area (Å²) in [6.07, 6.45) is 5.05. The Balaban J connectivity index is 1.71. The van der Waals surface area contributed by atoms with Gasteiger partial charge in [-0.1, -0.05) is 38.0 Å². The minimum Gasteiger partial charge on any atom is -0.493 e. The number of carbonyl (C=O) groups is 1. The third-order valence-electron chi connectivity index (χ3n) is 5.04. The molecule has 3 rings (SSSR count). The van der Waals surface area contributed by atoms with E-state index >= 15 is 0 Å². The summed E-state index contributed by atoms with van der Waals surface area (Å²) in [7, 11) is 0. The van der Waals surface area contributed by atoms with Crippen LogP contribution in [0.1, 0.15) is 53.4 Å². The molecule has 0 aliphatic rings. The number of benzene rings is 1. The van der Waals surface area contributed by atoms with Crippen LogP contribution >= 0.6 is 0 Å². The van der Waals surface area contributed by atoms with Crippen molar-refractivity contribution >= 4 is 11.6 Å². The predicted molar refractivity (Wildman–Crippen MR) is 113 cm³/mol. The van der Waals surface area contributed by atoms with E-state index in [1.54, 1.807) is 25.1 Å². The van der Waals surface area contributed by atoms with Crippen LogP contribution in [0.2, 0.25) is 0 Å². The normalized spacial score (nSPS) is 11.2. The second kappa shape index (κ2) is 10.2. The molecule has 0 radical (unpaired) electrons.